The van der Waals surface area contributed by atoms with Crippen LogP contribution >= 0.6 is 11.3 Å². The van der Waals surface area contributed by atoms with Gasteiger partial charge in [0.05, 0.1) is 4.88 Å². The molecule has 2 aromatic heterocycles. The molecule has 2 aliphatic rings. The van der Waals surface area contributed by atoms with Crippen molar-refractivity contribution in [2.45, 2.75) is 32.7 Å². The predicted octanol–water partition coefficient (Wildman–Crippen LogP) is 3.01. The lowest BCUT2D eigenvalue weighted by atomic mass is 10.0. The van der Waals surface area contributed by atoms with Gasteiger partial charge < -0.3 is 30.3 Å². The summed E-state index contributed by atoms with van der Waals surface area (Å²) < 4.78 is 11.0. The van der Waals surface area contributed by atoms with Gasteiger partial charge in [-0.15, -0.1) is 11.3 Å². The number of ether oxygens (including phenoxy) is 2. The predicted molar refractivity (Wildman–Crippen MR) is 134 cm³/mol. The van der Waals surface area contributed by atoms with Crippen molar-refractivity contribution < 1.29 is 19.1 Å². The third-order valence-corrected chi connectivity index (χ3v) is 6.99. The number of benzene rings is 1. The summed E-state index contributed by atoms with van der Waals surface area (Å²) in [6.07, 6.45) is 2.03. The first-order chi connectivity index (χ1) is 17.1. The maximum atomic E-state index is 12.7. The number of oxime groups is 1. The van der Waals surface area contributed by atoms with Crippen molar-refractivity contribution in [1.29, 1.82) is 0 Å². The van der Waals surface area contributed by atoms with Gasteiger partial charge in [0.1, 0.15) is 22.8 Å². The Balaban J connectivity index is 1.53. The van der Waals surface area contributed by atoms with Crippen LogP contribution in [0.5, 0.6) is 11.5 Å². The fourth-order valence-electron chi connectivity index (χ4n) is 3.81. The Morgan fingerprint density at radius 1 is 1.23 bits per heavy atom. The van der Waals surface area contributed by atoms with Crippen molar-refractivity contribution in [3.05, 3.63) is 40.4 Å². The molecule has 35 heavy (non-hydrogen) atoms. The molecule has 3 heterocycles. The Hall–Kier alpha value is -3.44. The number of aromatic nitrogens is 2. The minimum atomic E-state index is -0.114. The Kier molecular flexibility index (Phi) is 6.69. The molecule has 0 bridgehead atoms. The average molecular weight is 497 g/mol. The molecule has 1 aliphatic carbocycles. The fourth-order valence-corrected chi connectivity index (χ4v) is 4.75. The van der Waals surface area contributed by atoms with Gasteiger partial charge in [0.25, 0.3) is 5.91 Å². The van der Waals surface area contributed by atoms with E-state index < -0.39 is 0 Å². The van der Waals surface area contributed by atoms with Crippen LogP contribution in [0.3, 0.4) is 0 Å². The number of nitrogen functional groups attached to an aromatic ring is 1. The Morgan fingerprint density at radius 2 is 2.03 bits per heavy atom. The van der Waals surface area contributed by atoms with Crippen LogP contribution in [-0.2, 0) is 4.84 Å². The van der Waals surface area contributed by atoms with E-state index >= 15 is 0 Å². The van der Waals surface area contributed by atoms with Crippen LogP contribution < -0.4 is 20.5 Å². The van der Waals surface area contributed by atoms with Crippen molar-refractivity contribution >= 4 is 39.1 Å². The third-order valence-electron chi connectivity index (χ3n) is 5.97. The Labute approximate surface area is 207 Å². The van der Waals surface area contributed by atoms with E-state index in [2.05, 4.69) is 39.2 Å². The molecule has 0 atom stereocenters. The van der Waals surface area contributed by atoms with Gasteiger partial charge in [-0.05, 0) is 50.2 Å². The number of anilines is 1. The number of nitrogens with one attached hydrogen (secondary N) is 1. The lowest BCUT2D eigenvalue weighted by Gasteiger charge is -2.16. The number of fused-ring (bicyclic) bond motifs is 2. The van der Waals surface area contributed by atoms with Crippen molar-refractivity contribution in [2.75, 3.05) is 38.8 Å². The van der Waals surface area contributed by atoms with Crippen LogP contribution in [0.1, 0.15) is 47.6 Å². The van der Waals surface area contributed by atoms with Crippen LogP contribution in [0, 0.1) is 0 Å². The molecule has 1 amide bonds. The smallest absolute Gasteiger partial charge is 0.261 e. The molecule has 0 radical (unpaired) electrons. The first-order valence-corrected chi connectivity index (χ1v) is 12.6. The quantitative estimate of drug-likeness (QED) is 0.249. The number of hydrogen-bond donors (Lipinski definition) is 2. The molecular formula is C24H28N6O4S. The summed E-state index contributed by atoms with van der Waals surface area (Å²) in [7, 11) is 0. The maximum Gasteiger partial charge on any atom is 0.261 e. The molecule has 3 N–H and O–H groups in total. The summed E-state index contributed by atoms with van der Waals surface area (Å²) in [6, 6.07) is 7.59. The topological polar surface area (TPSA) is 124 Å². The molecule has 0 unspecified atom stereocenters. The molecule has 1 aromatic carbocycles. The minimum absolute atomic E-state index is 0.0973. The summed E-state index contributed by atoms with van der Waals surface area (Å²) in [6.45, 7) is 7.41. The normalized spacial score (nSPS) is 15.1. The highest BCUT2D eigenvalue weighted by atomic mass is 32.1. The number of carbonyl (C=O) groups is 1. The number of nitrogens with two attached hydrogens (primary N) is 1. The highest BCUT2D eigenvalue weighted by molar-refractivity contribution is 7.20. The molecule has 184 valence electrons. The zero-order valence-corrected chi connectivity index (χ0v) is 20.6. The van der Waals surface area contributed by atoms with Crippen LogP contribution in [0.25, 0.3) is 10.2 Å². The van der Waals surface area contributed by atoms with Crippen LogP contribution in [0.15, 0.2) is 29.4 Å². The van der Waals surface area contributed by atoms with Gasteiger partial charge in [0.2, 0.25) is 12.7 Å². The van der Waals surface area contributed by atoms with Gasteiger partial charge in [0, 0.05) is 23.5 Å². The fraction of sp³-hybridized carbons (Fsp3) is 0.417. The zero-order valence-electron chi connectivity index (χ0n) is 19.7. The summed E-state index contributed by atoms with van der Waals surface area (Å²) in [5, 5.41) is 8.19. The Morgan fingerprint density at radius 3 is 2.80 bits per heavy atom. The van der Waals surface area contributed by atoms with E-state index in [1.54, 1.807) is 6.07 Å². The second-order valence-electron chi connectivity index (χ2n) is 8.38. The lowest BCUT2D eigenvalue weighted by Crippen LogP contribution is -2.26. The molecule has 3 aromatic rings. The number of amides is 1. The van der Waals surface area contributed by atoms with Crippen molar-refractivity contribution in [2.24, 2.45) is 5.16 Å². The monoisotopic (exact) mass is 496 g/mol. The van der Waals surface area contributed by atoms with Gasteiger partial charge in [0.15, 0.2) is 11.5 Å². The molecular weight excluding hydrogens is 468 g/mol. The summed E-state index contributed by atoms with van der Waals surface area (Å²) in [4.78, 5) is 30.8. The number of nitrogens with zero attached hydrogens (tertiary/aromatic N) is 4. The first kappa shape index (κ1) is 23.3. The maximum absolute atomic E-state index is 12.7. The van der Waals surface area contributed by atoms with Crippen molar-refractivity contribution in [1.82, 2.24) is 20.2 Å². The van der Waals surface area contributed by atoms with Gasteiger partial charge in [-0.1, -0.05) is 19.0 Å². The number of carbonyl (C=O) groups excluding carboxylic acids is 1. The molecule has 5 rings (SSSR count). The van der Waals surface area contributed by atoms with Gasteiger partial charge >= 0.3 is 0 Å². The highest BCUT2D eigenvalue weighted by Gasteiger charge is 2.26. The van der Waals surface area contributed by atoms with E-state index in [1.165, 1.54) is 11.3 Å². The molecule has 1 aliphatic heterocycles. The van der Waals surface area contributed by atoms with Crippen LogP contribution in [0.2, 0.25) is 0 Å². The van der Waals surface area contributed by atoms with Crippen LogP contribution in [0.4, 0.5) is 5.95 Å². The average Bonchev–Trinajstić information content (AvgIpc) is 3.37. The number of hydrogen-bond acceptors (Lipinski definition) is 10. The number of thiophene rings is 1. The molecule has 11 heteroatoms. The molecule has 10 nitrogen and oxygen atoms in total. The number of likely N-dealkylation sites (N-methyl/N-ethyl adjacent to an activating group) is 1. The second-order valence-corrected chi connectivity index (χ2v) is 9.41. The molecule has 0 spiro atoms. The summed E-state index contributed by atoms with van der Waals surface area (Å²) >= 11 is 1.28. The standard InChI is InChI=1S/C24H28N6O4S/c1-3-30(4-2)9-10-34-29-20(14-5-8-17-18(11-14)33-13-32-17)21-16-12-19(22(31)26-15-6-7-15)35-23(16)28-24(25)27-21/h5,8,11-12,15H,3-4,6-7,9-10,13H2,1-2H3,(H,26,31)(H2,25,27,28). The largest absolute Gasteiger partial charge is 0.454 e. The van der Waals surface area contributed by atoms with Gasteiger partial charge in [-0.3, -0.25) is 4.79 Å². The SMILES string of the molecule is CCN(CC)CCON=C(c1ccc2c(c1)OCO2)c1nc(N)nc2sc(C(=O)NC3CC3)cc12. The van der Waals surface area contributed by atoms with Crippen LogP contribution in [-0.4, -0.2) is 65.6 Å². The van der Waals surface area contributed by atoms with Gasteiger partial charge in [-0.2, -0.15) is 0 Å². The zero-order chi connectivity index (χ0) is 24.4. The molecule has 1 fully saturated rings. The van der Waals surface area contributed by atoms with Crippen molar-refractivity contribution in [3.63, 3.8) is 0 Å². The second kappa shape index (κ2) is 10.0. The number of rotatable bonds is 10. The van der Waals surface area contributed by atoms with E-state index in [1.807, 2.05) is 18.2 Å². The van der Waals surface area contributed by atoms with E-state index in [-0.39, 0.29) is 24.7 Å². The summed E-state index contributed by atoms with van der Waals surface area (Å²) in [5.74, 6) is 1.26. The molecule has 0 saturated heterocycles. The molecule has 1 saturated carbocycles. The van der Waals surface area contributed by atoms with Crippen molar-refractivity contribution in [3.8, 4) is 11.5 Å². The van der Waals surface area contributed by atoms with Gasteiger partial charge in [-0.25, -0.2) is 9.97 Å². The summed E-state index contributed by atoms with van der Waals surface area (Å²) in [5.41, 5.74) is 7.78. The van der Waals surface area contributed by atoms with E-state index in [0.29, 0.717) is 44.6 Å². The van der Waals surface area contributed by atoms with E-state index in [4.69, 9.17) is 20.0 Å². The first-order valence-electron chi connectivity index (χ1n) is 11.8. The Bertz CT molecular complexity index is 1270. The minimum Gasteiger partial charge on any atom is -0.454 e. The van der Waals surface area contributed by atoms with E-state index in [9.17, 15) is 4.79 Å². The highest BCUT2D eigenvalue weighted by Crippen LogP contribution is 2.35. The third kappa shape index (κ3) is 5.15. The lowest BCUT2D eigenvalue weighted by molar-refractivity contribution is 0.0955. The van der Waals surface area contributed by atoms with E-state index in [0.717, 1.165) is 38.0 Å².